The summed E-state index contributed by atoms with van der Waals surface area (Å²) in [5.74, 6) is 0.221. The number of ether oxygens (including phenoxy) is 2. The molecule has 3 rings (SSSR count). The Hall–Kier alpha value is -3.26. The van der Waals surface area contributed by atoms with Crippen LogP contribution in [0.4, 0.5) is 0 Å². The molecule has 0 fully saturated rings. The number of aliphatic hydroxyl groups excluding tert-OH is 1. The number of hydrogen-bond donors (Lipinski definition) is 1. The van der Waals surface area contributed by atoms with Crippen LogP contribution in [-0.4, -0.2) is 66.0 Å². The predicted molar refractivity (Wildman–Crippen MR) is 142 cm³/mol. The number of hydrogen-bond acceptors (Lipinski definition) is 7. The van der Waals surface area contributed by atoms with Crippen LogP contribution in [0.5, 0.6) is 11.5 Å². The van der Waals surface area contributed by atoms with Crippen LogP contribution in [0.2, 0.25) is 0 Å². The number of unbranched alkanes of at least 4 members (excludes halogenated alkanes) is 1. The zero-order valence-electron chi connectivity index (χ0n) is 22.7. The number of rotatable bonds is 15. The minimum absolute atomic E-state index is 0.0179. The molecule has 1 aromatic heterocycles. The molecule has 1 aromatic carbocycles. The zero-order valence-corrected chi connectivity index (χ0v) is 22.7. The molecule has 2 aromatic rings. The third kappa shape index (κ3) is 6.55. The van der Waals surface area contributed by atoms with Crippen LogP contribution in [0, 0.1) is 6.92 Å². The lowest BCUT2D eigenvalue weighted by atomic mass is 9.94. The molecular weight excluding hydrogens is 472 g/mol. The molecule has 1 N–H and O–H groups in total. The van der Waals surface area contributed by atoms with Gasteiger partial charge in [-0.3, -0.25) is 9.59 Å². The van der Waals surface area contributed by atoms with Crippen LogP contribution in [0.25, 0.3) is 0 Å². The van der Waals surface area contributed by atoms with Gasteiger partial charge in [-0.2, -0.15) is 0 Å². The van der Waals surface area contributed by atoms with Crippen molar-refractivity contribution in [2.24, 2.45) is 0 Å². The number of aliphatic hydroxyl groups is 1. The number of furan rings is 1. The predicted octanol–water partition coefficient (Wildman–Crippen LogP) is 5.48. The second-order valence-electron chi connectivity index (χ2n) is 9.12. The van der Waals surface area contributed by atoms with E-state index in [-0.39, 0.29) is 11.3 Å². The second kappa shape index (κ2) is 13.3. The lowest BCUT2D eigenvalue weighted by Gasteiger charge is -2.28. The molecule has 1 amide bonds. The number of benzene rings is 1. The molecule has 8 heteroatoms. The largest absolute Gasteiger partial charge is 0.503 e. The van der Waals surface area contributed by atoms with Crippen molar-refractivity contribution < 1.29 is 28.6 Å². The highest BCUT2D eigenvalue weighted by Gasteiger charge is 2.44. The Labute approximate surface area is 219 Å². The van der Waals surface area contributed by atoms with E-state index in [2.05, 4.69) is 25.7 Å². The SMILES string of the molecule is CCCCOc1ccc(C2C(C(=O)c3ccc(C)o3)=C(O)C(=O)N2CCCN(CC)CC)cc1OCC. The smallest absolute Gasteiger partial charge is 0.290 e. The third-order valence-corrected chi connectivity index (χ3v) is 6.62. The van der Waals surface area contributed by atoms with Crippen molar-refractivity contribution in [3.8, 4) is 11.5 Å². The summed E-state index contributed by atoms with van der Waals surface area (Å²) in [5.41, 5.74) is 0.683. The van der Waals surface area contributed by atoms with Crippen molar-refractivity contribution in [3.63, 3.8) is 0 Å². The van der Waals surface area contributed by atoms with Crippen molar-refractivity contribution in [1.82, 2.24) is 9.80 Å². The van der Waals surface area contributed by atoms with Gasteiger partial charge in [-0.25, -0.2) is 0 Å². The van der Waals surface area contributed by atoms with E-state index in [1.54, 1.807) is 30.0 Å². The fraction of sp³-hybridized carbons (Fsp3) is 0.517. The van der Waals surface area contributed by atoms with E-state index in [9.17, 15) is 14.7 Å². The number of Topliss-reactive ketones (excluding diaryl/α,β-unsaturated/α-hetero) is 1. The first-order valence-corrected chi connectivity index (χ1v) is 13.3. The van der Waals surface area contributed by atoms with Gasteiger partial charge in [0.2, 0.25) is 5.78 Å². The van der Waals surface area contributed by atoms with Gasteiger partial charge < -0.3 is 28.8 Å². The summed E-state index contributed by atoms with van der Waals surface area (Å²) >= 11 is 0. The summed E-state index contributed by atoms with van der Waals surface area (Å²) in [7, 11) is 0. The molecule has 0 saturated heterocycles. The molecule has 1 unspecified atom stereocenters. The Morgan fingerprint density at radius 2 is 1.81 bits per heavy atom. The van der Waals surface area contributed by atoms with E-state index in [1.807, 2.05) is 19.1 Å². The first-order valence-electron chi connectivity index (χ1n) is 13.3. The average Bonchev–Trinajstić information content (AvgIpc) is 3.44. The molecule has 0 saturated carbocycles. The van der Waals surface area contributed by atoms with Crippen LogP contribution in [0.3, 0.4) is 0 Å². The van der Waals surface area contributed by atoms with Gasteiger partial charge in [0.05, 0.1) is 24.8 Å². The Bertz CT molecular complexity index is 1100. The van der Waals surface area contributed by atoms with Crippen molar-refractivity contribution in [2.45, 2.75) is 59.9 Å². The molecule has 0 spiro atoms. The highest BCUT2D eigenvalue weighted by molar-refractivity contribution is 6.15. The molecular formula is C29H40N2O6. The van der Waals surface area contributed by atoms with Gasteiger partial charge in [-0.15, -0.1) is 0 Å². The highest BCUT2D eigenvalue weighted by atomic mass is 16.5. The fourth-order valence-corrected chi connectivity index (χ4v) is 4.57. The van der Waals surface area contributed by atoms with E-state index in [0.29, 0.717) is 49.0 Å². The number of ketones is 1. The second-order valence-corrected chi connectivity index (χ2v) is 9.12. The molecule has 37 heavy (non-hydrogen) atoms. The van der Waals surface area contributed by atoms with E-state index < -0.39 is 23.5 Å². The fourth-order valence-electron chi connectivity index (χ4n) is 4.57. The number of carbonyl (C=O) groups is 2. The van der Waals surface area contributed by atoms with E-state index in [0.717, 1.165) is 32.5 Å². The van der Waals surface area contributed by atoms with Crippen LogP contribution in [0.15, 0.2) is 46.1 Å². The van der Waals surface area contributed by atoms with Crippen molar-refractivity contribution in [2.75, 3.05) is 39.4 Å². The van der Waals surface area contributed by atoms with E-state index >= 15 is 0 Å². The van der Waals surface area contributed by atoms with Crippen LogP contribution in [-0.2, 0) is 4.79 Å². The molecule has 1 aliphatic heterocycles. The zero-order chi connectivity index (χ0) is 26.9. The van der Waals surface area contributed by atoms with Crippen molar-refractivity contribution in [3.05, 3.63) is 58.7 Å². The highest BCUT2D eigenvalue weighted by Crippen LogP contribution is 2.42. The van der Waals surface area contributed by atoms with Gasteiger partial charge in [0.25, 0.3) is 5.91 Å². The van der Waals surface area contributed by atoms with Crippen molar-refractivity contribution in [1.29, 1.82) is 0 Å². The summed E-state index contributed by atoms with van der Waals surface area (Å²) in [6.07, 6.45) is 2.63. The van der Waals surface area contributed by atoms with Gasteiger partial charge >= 0.3 is 0 Å². The number of amides is 1. The molecule has 202 valence electrons. The molecule has 1 aliphatic rings. The van der Waals surface area contributed by atoms with E-state index in [4.69, 9.17) is 13.9 Å². The lowest BCUT2D eigenvalue weighted by Crippen LogP contribution is -2.34. The molecule has 2 heterocycles. The Kier molecular flexibility index (Phi) is 10.2. The Balaban J connectivity index is 2.00. The third-order valence-electron chi connectivity index (χ3n) is 6.62. The number of aryl methyl sites for hydroxylation is 1. The van der Waals surface area contributed by atoms with E-state index in [1.165, 1.54) is 0 Å². The lowest BCUT2D eigenvalue weighted by molar-refractivity contribution is -0.129. The summed E-state index contributed by atoms with van der Waals surface area (Å²) in [4.78, 5) is 30.6. The van der Waals surface area contributed by atoms with Crippen LogP contribution < -0.4 is 9.47 Å². The number of carbonyl (C=O) groups excluding carboxylic acids is 2. The maximum absolute atomic E-state index is 13.5. The number of nitrogens with zero attached hydrogens (tertiary/aromatic N) is 2. The summed E-state index contributed by atoms with van der Waals surface area (Å²) in [5, 5.41) is 10.9. The molecule has 1 atom stereocenters. The van der Waals surface area contributed by atoms with Crippen molar-refractivity contribution >= 4 is 11.7 Å². The minimum atomic E-state index is -0.772. The minimum Gasteiger partial charge on any atom is -0.503 e. The van der Waals surface area contributed by atoms with Crippen LogP contribution in [0.1, 0.15) is 74.9 Å². The van der Waals surface area contributed by atoms with Gasteiger partial charge in [-0.1, -0.05) is 33.3 Å². The van der Waals surface area contributed by atoms with Gasteiger partial charge in [0.15, 0.2) is 23.0 Å². The monoisotopic (exact) mass is 512 g/mol. The Morgan fingerprint density at radius 1 is 1.05 bits per heavy atom. The normalized spacial score (nSPS) is 15.7. The van der Waals surface area contributed by atoms with Crippen LogP contribution >= 0.6 is 0 Å². The first kappa shape index (κ1) is 28.3. The summed E-state index contributed by atoms with van der Waals surface area (Å²) in [6, 6.07) is 7.93. The Morgan fingerprint density at radius 3 is 2.43 bits per heavy atom. The maximum Gasteiger partial charge on any atom is 0.290 e. The topological polar surface area (TPSA) is 92.5 Å². The molecule has 0 radical (unpaired) electrons. The summed E-state index contributed by atoms with van der Waals surface area (Å²) < 4.78 is 17.4. The molecule has 0 aliphatic carbocycles. The quantitative estimate of drug-likeness (QED) is 0.250. The summed E-state index contributed by atoms with van der Waals surface area (Å²) in [6.45, 7) is 13.9. The maximum atomic E-state index is 13.5. The average molecular weight is 513 g/mol. The molecule has 8 nitrogen and oxygen atoms in total. The first-order chi connectivity index (χ1) is 17.9. The standard InChI is InChI=1S/C29H40N2O6/c1-6-10-18-36-22-15-13-21(19-24(22)35-9-4)26-25(27(32)23-14-12-20(5)37-23)28(33)29(34)31(26)17-11-16-30(7-2)8-3/h12-15,19,26,33H,6-11,16-18H2,1-5H3. The van der Waals surface area contributed by atoms with Gasteiger partial charge in [-0.05, 0) is 76.2 Å². The van der Waals surface area contributed by atoms with Gasteiger partial charge in [0, 0.05) is 6.54 Å². The van der Waals surface area contributed by atoms with Gasteiger partial charge in [0.1, 0.15) is 5.76 Å². The molecule has 0 bridgehead atoms.